The minimum atomic E-state index is -0.324. The molecule has 1 aromatic heterocycles. The molecule has 1 N–H and O–H groups in total. The van der Waals surface area contributed by atoms with Crippen molar-refractivity contribution in [2.45, 2.75) is 6.92 Å². The lowest BCUT2D eigenvalue weighted by atomic mass is 10.1. The smallest absolute Gasteiger partial charge is 0.341 e. The van der Waals surface area contributed by atoms with Gasteiger partial charge in [-0.25, -0.2) is 4.79 Å². The van der Waals surface area contributed by atoms with Crippen molar-refractivity contribution in [2.24, 2.45) is 0 Å². The molecule has 138 valence electrons. The molecule has 0 spiro atoms. The quantitative estimate of drug-likeness (QED) is 0.637. The molecule has 0 bridgehead atoms. The fraction of sp³-hybridized carbons (Fsp3) is 0.368. The molecule has 0 radical (unpaired) electrons. The fourth-order valence-corrected chi connectivity index (χ4v) is 4.17. The maximum absolute atomic E-state index is 12.4. The summed E-state index contributed by atoms with van der Waals surface area (Å²) in [5.41, 5.74) is 1.61. The Bertz CT molecular complexity index is 768. The van der Waals surface area contributed by atoms with Gasteiger partial charge in [0, 0.05) is 31.1 Å². The van der Waals surface area contributed by atoms with Crippen molar-refractivity contribution in [3.8, 4) is 10.4 Å². The Hall–Kier alpha value is -1.96. The molecule has 0 saturated carbocycles. The van der Waals surface area contributed by atoms with Crippen molar-refractivity contribution in [1.29, 1.82) is 0 Å². The number of hydrogen-bond acceptors (Lipinski definition) is 5. The second-order valence-corrected chi connectivity index (χ2v) is 7.60. The number of esters is 1. The van der Waals surface area contributed by atoms with Crippen LogP contribution in [0.1, 0.15) is 17.3 Å². The second kappa shape index (κ2) is 8.62. The number of carbonyl (C=O) groups is 1. The van der Waals surface area contributed by atoms with Gasteiger partial charge in [0.15, 0.2) is 5.11 Å². The summed E-state index contributed by atoms with van der Waals surface area (Å²) in [7, 11) is 2.11. The predicted octanol–water partition coefficient (Wildman–Crippen LogP) is 3.54. The third-order valence-corrected chi connectivity index (χ3v) is 5.76. The van der Waals surface area contributed by atoms with E-state index in [2.05, 4.69) is 22.2 Å². The maximum atomic E-state index is 12.4. The zero-order chi connectivity index (χ0) is 18.5. The number of anilines is 1. The van der Waals surface area contributed by atoms with Gasteiger partial charge in [-0.05, 0) is 37.8 Å². The first-order valence-corrected chi connectivity index (χ1v) is 9.91. The van der Waals surface area contributed by atoms with E-state index in [4.69, 9.17) is 17.0 Å². The lowest BCUT2D eigenvalue weighted by molar-refractivity contribution is 0.0528. The van der Waals surface area contributed by atoms with E-state index < -0.39 is 0 Å². The lowest BCUT2D eigenvalue weighted by Crippen LogP contribution is -2.48. The van der Waals surface area contributed by atoms with Gasteiger partial charge in [0.05, 0.1) is 12.2 Å². The minimum absolute atomic E-state index is 0.324. The topological polar surface area (TPSA) is 44.8 Å². The van der Waals surface area contributed by atoms with Crippen molar-refractivity contribution in [1.82, 2.24) is 9.80 Å². The summed E-state index contributed by atoms with van der Waals surface area (Å²) < 4.78 is 5.22. The molecule has 0 aliphatic carbocycles. The number of likely N-dealkylation sites (N-methyl/N-ethyl adjacent to an activating group) is 1. The molecule has 1 aliphatic heterocycles. The van der Waals surface area contributed by atoms with Crippen LogP contribution in [0.4, 0.5) is 5.00 Å². The number of hydrogen-bond donors (Lipinski definition) is 1. The SMILES string of the molecule is CCOC(=O)c1cc(-c2ccccc2)sc1NC(=S)N1CCN(C)CC1. The van der Waals surface area contributed by atoms with Crippen LogP contribution in [0.3, 0.4) is 0 Å². The highest BCUT2D eigenvalue weighted by atomic mass is 32.1. The van der Waals surface area contributed by atoms with Gasteiger partial charge in [-0.1, -0.05) is 30.3 Å². The first-order valence-electron chi connectivity index (χ1n) is 8.69. The van der Waals surface area contributed by atoms with E-state index in [1.807, 2.05) is 43.3 Å². The molecule has 1 saturated heterocycles. The van der Waals surface area contributed by atoms with Gasteiger partial charge in [-0.2, -0.15) is 0 Å². The Balaban J connectivity index is 1.83. The fourth-order valence-electron chi connectivity index (χ4n) is 2.77. The number of thiophene rings is 1. The Morgan fingerprint density at radius 1 is 1.23 bits per heavy atom. The van der Waals surface area contributed by atoms with E-state index >= 15 is 0 Å². The molecular weight excluding hydrogens is 366 g/mol. The third-order valence-electron chi connectivity index (χ3n) is 4.30. The number of thiocarbonyl (C=S) groups is 1. The second-order valence-electron chi connectivity index (χ2n) is 6.16. The standard InChI is InChI=1S/C19H23N3O2S2/c1-3-24-18(23)15-13-16(14-7-5-4-6-8-14)26-17(15)20-19(25)22-11-9-21(2)10-12-22/h4-8,13H,3,9-12H2,1-2H3,(H,20,25). The van der Waals surface area contributed by atoms with Crippen LogP contribution in [0, 0.1) is 0 Å². The first-order chi connectivity index (χ1) is 12.6. The number of nitrogens with one attached hydrogen (secondary N) is 1. The van der Waals surface area contributed by atoms with Gasteiger partial charge < -0.3 is 19.9 Å². The number of rotatable bonds is 4. The summed E-state index contributed by atoms with van der Waals surface area (Å²) in [6.07, 6.45) is 0. The minimum Gasteiger partial charge on any atom is -0.462 e. The molecule has 0 unspecified atom stereocenters. The zero-order valence-electron chi connectivity index (χ0n) is 15.0. The van der Waals surface area contributed by atoms with E-state index in [9.17, 15) is 4.79 Å². The van der Waals surface area contributed by atoms with Crippen molar-refractivity contribution in [3.05, 3.63) is 42.0 Å². The van der Waals surface area contributed by atoms with Crippen molar-refractivity contribution in [2.75, 3.05) is 45.2 Å². The summed E-state index contributed by atoms with van der Waals surface area (Å²) >= 11 is 7.11. The summed E-state index contributed by atoms with van der Waals surface area (Å²) in [6, 6.07) is 11.9. The van der Waals surface area contributed by atoms with Gasteiger partial charge in [0.2, 0.25) is 0 Å². The Morgan fingerprint density at radius 2 is 1.92 bits per heavy atom. The highest BCUT2D eigenvalue weighted by Gasteiger charge is 2.22. The van der Waals surface area contributed by atoms with Crippen LogP contribution < -0.4 is 5.32 Å². The van der Waals surface area contributed by atoms with E-state index in [0.29, 0.717) is 17.3 Å². The molecule has 0 atom stereocenters. The van der Waals surface area contributed by atoms with E-state index in [1.54, 1.807) is 0 Å². The molecule has 2 aromatic rings. The van der Waals surface area contributed by atoms with Gasteiger partial charge in [0.25, 0.3) is 0 Å². The van der Waals surface area contributed by atoms with Gasteiger partial charge in [0.1, 0.15) is 5.00 Å². The lowest BCUT2D eigenvalue weighted by Gasteiger charge is -2.34. The van der Waals surface area contributed by atoms with Gasteiger partial charge in [-0.15, -0.1) is 11.3 Å². The largest absolute Gasteiger partial charge is 0.462 e. The molecule has 5 nitrogen and oxygen atoms in total. The molecular formula is C19H23N3O2S2. The first kappa shape index (κ1) is 18.8. The number of carbonyl (C=O) groups excluding carboxylic acids is 1. The molecule has 2 heterocycles. The molecule has 1 fully saturated rings. The molecule has 7 heteroatoms. The Morgan fingerprint density at radius 3 is 2.58 bits per heavy atom. The molecule has 1 aliphatic rings. The highest BCUT2D eigenvalue weighted by molar-refractivity contribution is 7.80. The molecule has 26 heavy (non-hydrogen) atoms. The van der Waals surface area contributed by atoms with E-state index in [-0.39, 0.29) is 5.97 Å². The van der Waals surface area contributed by atoms with Crippen LogP contribution in [-0.4, -0.2) is 60.7 Å². The van der Waals surface area contributed by atoms with Crippen LogP contribution in [-0.2, 0) is 4.74 Å². The highest BCUT2D eigenvalue weighted by Crippen LogP contribution is 2.36. The van der Waals surface area contributed by atoms with Crippen molar-refractivity contribution in [3.63, 3.8) is 0 Å². The summed E-state index contributed by atoms with van der Waals surface area (Å²) in [5.74, 6) is -0.324. The Labute approximate surface area is 163 Å². The van der Waals surface area contributed by atoms with Crippen LogP contribution in [0.15, 0.2) is 36.4 Å². The number of nitrogens with zero attached hydrogens (tertiary/aromatic N) is 2. The van der Waals surface area contributed by atoms with Crippen LogP contribution in [0.25, 0.3) is 10.4 Å². The normalized spacial score (nSPS) is 14.9. The maximum Gasteiger partial charge on any atom is 0.341 e. The zero-order valence-corrected chi connectivity index (χ0v) is 16.7. The molecule has 1 aromatic carbocycles. The number of piperazine rings is 1. The van der Waals surface area contributed by atoms with Crippen LogP contribution in [0.5, 0.6) is 0 Å². The van der Waals surface area contributed by atoms with Gasteiger partial charge >= 0.3 is 5.97 Å². The number of ether oxygens (including phenoxy) is 1. The Kier molecular flexibility index (Phi) is 6.24. The van der Waals surface area contributed by atoms with E-state index in [1.165, 1.54) is 11.3 Å². The summed E-state index contributed by atoms with van der Waals surface area (Å²) in [6.45, 7) is 5.88. The monoisotopic (exact) mass is 389 g/mol. The van der Waals surface area contributed by atoms with Crippen molar-refractivity contribution >= 4 is 39.6 Å². The molecule has 3 rings (SSSR count). The average Bonchev–Trinajstić information content (AvgIpc) is 3.07. The predicted molar refractivity (Wildman–Crippen MR) is 111 cm³/mol. The number of benzene rings is 1. The summed E-state index contributed by atoms with van der Waals surface area (Å²) in [4.78, 5) is 17.8. The van der Waals surface area contributed by atoms with Crippen LogP contribution in [0.2, 0.25) is 0 Å². The summed E-state index contributed by atoms with van der Waals surface area (Å²) in [5, 5.41) is 4.68. The van der Waals surface area contributed by atoms with E-state index in [0.717, 1.165) is 41.6 Å². The third kappa shape index (κ3) is 4.41. The average molecular weight is 390 g/mol. The molecule has 0 amide bonds. The van der Waals surface area contributed by atoms with Crippen molar-refractivity contribution < 1.29 is 9.53 Å². The van der Waals surface area contributed by atoms with Crippen LogP contribution >= 0.6 is 23.6 Å². The van der Waals surface area contributed by atoms with Gasteiger partial charge in [-0.3, -0.25) is 0 Å².